The van der Waals surface area contributed by atoms with Gasteiger partial charge in [-0.05, 0) is 43.1 Å². The van der Waals surface area contributed by atoms with Crippen molar-refractivity contribution in [3.63, 3.8) is 0 Å². The lowest BCUT2D eigenvalue weighted by molar-refractivity contribution is -0.220. The Morgan fingerprint density at radius 2 is 1.97 bits per heavy atom. The zero-order valence-electron chi connectivity index (χ0n) is 19.7. The third-order valence-corrected chi connectivity index (χ3v) is 7.57. The molecule has 2 heterocycles. The molecule has 0 spiro atoms. The molecule has 176 valence electrons. The lowest BCUT2D eigenvalue weighted by atomic mass is 9.75. The standard InChI is InChI=1S/C26H37NO5/c1-5-30-25(29)23-19-14-31-26(32-20-13-16(4)11-12-18(20)15(2)3)24(28)21(19)22(27-23)17-9-7-6-8-10-17/h6-10,15-16,18-23,26-27H,5,11-14H2,1-4H3/t16-,18+,19+,20-,21-,22-,23-,26-/m1/s1. The Bertz CT molecular complexity index is 797. The molecule has 0 amide bonds. The van der Waals surface area contributed by atoms with Gasteiger partial charge in [-0.2, -0.15) is 0 Å². The molecule has 32 heavy (non-hydrogen) atoms. The summed E-state index contributed by atoms with van der Waals surface area (Å²) in [7, 11) is 0. The van der Waals surface area contributed by atoms with Gasteiger partial charge in [-0.3, -0.25) is 14.9 Å². The van der Waals surface area contributed by atoms with Gasteiger partial charge in [0.2, 0.25) is 6.29 Å². The van der Waals surface area contributed by atoms with Gasteiger partial charge in [-0.15, -0.1) is 0 Å². The van der Waals surface area contributed by atoms with E-state index in [4.69, 9.17) is 14.2 Å². The number of Topliss-reactive ketones (excluding diaryl/α,β-unsaturated/α-hetero) is 1. The van der Waals surface area contributed by atoms with E-state index >= 15 is 0 Å². The Morgan fingerprint density at radius 3 is 2.66 bits per heavy atom. The van der Waals surface area contributed by atoms with Crippen molar-refractivity contribution < 1.29 is 23.8 Å². The minimum Gasteiger partial charge on any atom is -0.465 e. The molecule has 1 aromatic carbocycles. The second-order valence-electron chi connectivity index (χ2n) is 10.0. The van der Waals surface area contributed by atoms with E-state index in [9.17, 15) is 9.59 Å². The summed E-state index contributed by atoms with van der Waals surface area (Å²) >= 11 is 0. The quantitative estimate of drug-likeness (QED) is 0.673. The average Bonchev–Trinajstić information content (AvgIpc) is 3.17. The number of hydrogen-bond acceptors (Lipinski definition) is 6. The first-order chi connectivity index (χ1) is 15.4. The molecule has 0 bridgehead atoms. The fourth-order valence-electron chi connectivity index (χ4n) is 5.86. The van der Waals surface area contributed by atoms with E-state index in [2.05, 4.69) is 26.1 Å². The van der Waals surface area contributed by atoms with E-state index in [0.717, 1.165) is 18.4 Å². The maximum Gasteiger partial charge on any atom is 0.323 e. The zero-order valence-corrected chi connectivity index (χ0v) is 19.7. The molecule has 6 heteroatoms. The van der Waals surface area contributed by atoms with Crippen LogP contribution >= 0.6 is 0 Å². The van der Waals surface area contributed by atoms with E-state index < -0.39 is 12.3 Å². The van der Waals surface area contributed by atoms with E-state index in [1.54, 1.807) is 6.92 Å². The van der Waals surface area contributed by atoms with Crippen LogP contribution in [0.15, 0.2) is 30.3 Å². The second kappa shape index (κ2) is 10.0. The molecule has 1 N–H and O–H groups in total. The van der Waals surface area contributed by atoms with Gasteiger partial charge >= 0.3 is 5.97 Å². The minimum absolute atomic E-state index is 0.0228. The number of benzene rings is 1. The van der Waals surface area contributed by atoms with Gasteiger partial charge < -0.3 is 14.2 Å². The number of carbonyl (C=O) groups is 2. The molecule has 1 aliphatic carbocycles. The number of ether oxygens (including phenoxy) is 3. The second-order valence-corrected chi connectivity index (χ2v) is 10.0. The summed E-state index contributed by atoms with van der Waals surface area (Å²) in [6, 6.07) is 9.04. The van der Waals surface area contributed by atoms with Crippen molar-refractivity contribution in [3.8, 4) is 0 Å². The summed E-state index contributed by atoms with van der Waals surface area (Å²) in [5.74, 6) is 0.478. The van der Waals surface area contributed by atoms with Crippen LogP contribution in [0.3, 0.4) is 0 Å². The van der Waals surface area contributed by atoms with Crippen molar-refractivity contribution in [1.29, 1.82) is 0 Å². The van der Waals surface area contributed by atoms with Crippen molar-refractivity contribution in [1.82, 2.24) is 5.32 Å². The average molecular weight is 444 g/mol. The topological polar surface area (TPSA) is 73.9 Å². The van der Waals surface area contributed by atoms with E-state index in [0.29, 0.717) is 31.0 Å². The van der Waals surface area contributed by atoms with Crippen molar-refractivity contribution in [2.24, 2.45) is 29.6 Å². The van der Waals surface area contributed by atoms with Gasteiger partial charge in [0.15, 0.2) is 5.78 Å². The minimum atomic E-state index is -0.873. The molecule has 1 aromatic rings. The fourth-order valence-corrected chi connectivity index (χ4v) is 5.86. The summed E-state index contributed by atoms with van der Waals surface area (Å²) in [4.78, 5) is 26.4. The summed E-state index contributed by atoms with van der Waals surface area (Å²) in [6.45, 7) is 9.11. The number of esters is 1. The molecule has 0 radical (unpaired) electrons. The molecule has 6 nitrogen and oxygen atoms in total. The Labute approximate surface area is 191 Å². The van der Waals surface area contributed by atoms with E-state index in [1.165, 1.54) is 6.42 Å². The van der Waals surface area contributed by atoms with Gasteiger partial charge in [-0.25, -0.2) is 0 Å². The molecule has 3 aliphatic rings. The molecular formula is C26H37NO5. The zero-order chi connectivity index (χ0) is 22.8. The molecule has 2 saturated heterocycles. The van der Waals surface area contributed by atoms with Gasteiger partial charge in [0, 0.05) is 17.9 Å². The number of carbonyl (C=O) groups excluding carboxylic acids is 2. The highest BCUT2D eigenvalue weighted by Crippen LogP contribution is 2.43. The van der Waals surface area contributed by atoms with Gasteiger partial charge in [0.25, 0.3) is 0 Å². The van der Waals surface area contributed by atoms with Crippen LogP contribution in [-0.2, 0) is 23.8 Å². The molecular weight excluding hydrogens is 406 g/mol. The number of fused-ring (bicyclic) bond motifs is 1. The Kier molecular flexibility index (Phi) is 7.33. The van der Waals surface area contributed by atoms with Crippen LogP contribution in [0.2, 0.25) is 0 Å². The largest absolute Gasteiger partial charge is 0.465 e. The highest BCUT2D eigenvalue weighted by Gasteiger charge is 2.55. The summed E-state index contributed by atoms with van der Waals surface area (Å²) in [5, 5.41) is 3.39. The van der Waals surface area contributed by atoms with Gasteiger partial charge in [-0.1, -0.05) is 57.5 Å². The molecule has 8 atom stereocenters. The fraction of sp³-hybridized carbons (Fsp3) is 0.692. The molecule has 0 aromatic heterocycles. The first-order valence-corrected chi connectivity index (χ1v) is 12.2. The monoisotopic (exact) mass is 443 g/mol. The smallest absolute Gasteiger partial charge is 0.323 e. The lowest BCUT2D eigenvalue weighted by Crippen LogP contribution is -2.50. The first-order valence-electron chi connectivity index (χ1n) is 12.2. The van der Waals surface area contributed by atoms with Crippen LogP contribution in [0, 0.1) is 29.6 Å². The van der Waals surface area contributed by atoms with E-state index in [-0.39, 0.29) is 35.7 Å². The molecule has 4 rings (SSSR count). The number of hydrogen-bond donors (Lipinski definition) is 1. The van der Waals surface area contributed by atoms with Crippen LogP contribution in [0.4, 0.5) is 0 Å². The molecule has 2 aliphatic heterocycles. The molecule has 1 saturated carbocycles. The van der Waals surface area contributed by atoms with Crippen LogP contribution in [-0.4, -0.2) is 43.4 Å². The highest BCUT2D eigenvalue weighted by molar-refractivity contribution is 5.89. The molecule has 0 unspecified atom stereocenters. The first kappa shape index (κ1) is 23.4. The van der Waals surface area contributed by atoms with Gasteiger partial charge in [0.1, 0.15) is 6.04 Å². The Morgan fingerprint density at radius 1 is 1.22 bits per heavy atom. The Hall–Kier alpha value is -1.76. The summed E-state index contributed by atoms with van der Waals surface area (Å²) in [6.07, 6.45) is 2.43. The Balaban J connectivity index is 1.56. The third-order valence-electron chi connectivity index (χ3n) is 7.57. The normalized spacial score (nSPS) is 37.3. The predicted octanol–water partition coefficient (Wildman–Crippen LogP) is 3.90. The third kappa shape index (κ3) is 4.63. The highest BCUT2D eigenvalue weighted by atomic mass is 16.7. The maximum atomic E-state index is 13.7. The number of rotatable bonds is 6. The van der Waals surface area contributed by atoms with Crippen LogP contribution < -0.4 is 5.32 Å². The lowest BCUT2D eigenvalue weighted by Gasteiger charge is -2.41. The van der Waals surface area contributed by atoms with Crippen LogP contribution in [0.25, 0.3) is 0 Å². The van der Waals surface area contributed by atoms with Gasteiger partial charge in [0.05, 0.1) is 19.3 Å². The maximum absolute atomic E-state index is 13.7. The SMILES string of the molecule is CCOC(=O)[C@@H]1N[C@H](c2ccccc2)[C@@H]2C(=O)[C@@H](O[C@@H]3C[C@H](C)CC[C@H]3C(C)C)OC[C@@H]21. The van der Waals surface area contributed by atoms with E-state index in [1.807, 2.05) is 30.3 Å². The molecule has 3 fully saturated rings. The predicted molar refractivity (Wildman–Crippen MR) is 121 cm³/mol. The van der Waals surface area contributed by atoms with Crippen molar-refractivity contribution >= 4 is 11.8 Å². The van der Waals surface area contributed by atoms with Crippen LogP contribution in [0.1, 0.15) is 58.6 Å². The summed E-state index contributed by atoms with van der Waals surface area (Å²) in [5.41, 5.74) is 0.995. The van der Waals surface area contributed by atoms with Crippen molar-refractivity contribution in [3.05, 3.63) is 35.9 Å². The number of nitrogens with one attached hydrogen (secondary N) is 1. The van der Waals surface area contributed by atoms with Crippen molar-refractivity contribution in [2.75, 3.05) is 13.2 Å². The summed E-state index contributed by atoms with van der Waals surface area (Å²) < 4.78 is 17.7. The van der Waals surface area contributed by atoms with Crippen molar-refractivity contribution in [2.45, 2.75) is 71.4 Å². The number of ketones is 1. The van der Waals surface area contributed by atoms with Crippen LogP contribution in [0.5, 0.6) is 0 Å².